The lowest BCUT2D eigenvalue weighted by molar-refractivity contribution is 0.0521. The molecule has 1 amide bonds. The van der Waals surface area contributed by atoms with Gasteiger partial charge in [-0.15, -0.1) is 0 Å². The molecule has 1 rings (SSSR count). The molecule has 0 heterocycles. The third kappa shape index (κ3) is 5.02. The second kappa shape index (κ2) is 4.84. The van der Waals surface area contributed by atoms with E-state index < -0.39 is 5.60 Å². The number of carbonyl (C=O) groups is 1. The highest BCUT2D eigenvalue weighted by molar-refractivity contribution is 5.67. The average molecular weight is 214 g/mol. The Kier molecular flexibility index (Phi) is 3.97. The van der Waals surface area contributed by atoms with Gasteiger partial charge in [0.1, 0.15) is 5.60 Å². The summed E-state index contributed by atoms with van der Waals surface area (Å²) < 4.78 is 5.15. The summed E-state index contributed by atoms with van der Waals surface area (Å²) in [5, 5.41) is 6.00. The van der Waals surface area contributed by atoms with Gasteiger partial charge in [0.25, 0.3) is 0 Å². The zero-order valence-corrected chi connectivity index (χ0v) is 10.1. The lowest BCUT2D eigenvalue weighted by Gasteiger charge is -2.21. The first-order chi connectivity index (χ1) is 6.92. The Morgan fingerprint density at radius 2 is 2.07 bits per heavy atom. The number of alkyl carbamates (subject to hydrolysis) is 1. The lowest BCUT2D eigenvalue weighted by Crippen LogP contribution is -2.42. The smallest absolute Gasteiger partial charge is 0.407 e. The molecular weight excluding hydrogens is 192 g/mol. The van der Waals surface area contributed by atoms with Gasteiger partial charge in [0.2, 0.25) is 0 Å². The van der Waals surface area contributed by atoms with Crippen molar-refractivity contribution in [1.82, 2.24) is 10.6 Å². The molecule has 1 aliphatic rings. The number of ether oxygens (including phenoxy) is 1. The molecule has 0 unspecified atom stereocenters. The molecule has 88 valence electrons. The molecule has 15 heavy (non-hydrogen) atoms. The highest BCUT2D eigenvalue weighted by Crippen LogP contribution is 2.32. The molecule has 0 aliphatic heterocycles. The number of hydrogen-bond acceptors (Lipinski definition) is 3. The Morgan fingerprint density at radius 3 is 2.47 bits per heavy atom. The molecule has 4 heteroatoms. The summed E-state index contributed by atoms with van der Waals surface area (Å²) in [5.41, 5.74) is -0.418. The minimum atomic E-state index is -0.418. The van der Waals surface area contributed by atoms with E-state index in [1.807, 2.05) is 27.8 Å². The molecule has 0 aromatic rings. The van der Waals surface area contributed by atoms with Crippen molar-refractivity contribution in [2.24, 2.45) is 5.92 Å². The lowest BCUT2D eigenvalue weighted by atomic mass is 10.2. The highest BCUT2D eigenvalue weighted by Gasteiger charge is 2.30. The fraction of sp³-hybridized carbons (Fsp3) is 0.909. The van der Waals surface area contributed by atoms with E-state index in [9.17, 15) is 4.79 Å². The van der Waals surface area contributed by atoms with Gasteiger partial charge in [0.15, 0.2) is 0 Å². The minimum absolute atomic E-state index is 0.330. The zero-order chi connectivity index (χ0) is 11.5. The third-order valence-electron chi connectivity index (χ3n) is 2.43. The van der Waals surface area contributed by atoms with Crippen molar-refractivity contribution in [2.45, 2.75) is 45.3 Å². The van der Waals surface area contributed by atoms with E-state index in [0.717, 1.165) is 5.92 Å². The Bertz CT molecular complexity index is 219. The average Bonchev–Trinajstić information content (AvgIpc) is 2.85. The molecule has 1 aliphatic carbocycles. The summed E-state index contributed by atoms with van der Waals surface area (Å²) in [6, 6.07) is 0.387. The number of nitrogens with one attached hydrogen (secondary N) is 2. The first kappa shape index (κ1) is 12.3. The minimum Gasteiger partial charge on any atom is -0.444 e. The van der Waals surface area contributed by atoms with Crippen LogP contribution in [0.3, 0.4) is 0 Å². The second-order valence-corrected chi connectivity index (χ2v) is 5.12. The highest BCUT2D eigenvalue weighted by atomic mass is 16.6. The van der Waals surface area contributed by atoms with Gasteiger partial charge in [0, 0.05) is 12.6 Å². The van der Waals surface area contributed by atoms with Crippen LogP contribution >= 0.6 is 0 Å². The molecule has 2 N–H and O–H groups in total. The molecule has 1 fully saturated rings. The van der Waals surface area contributed by atoms with E-state index in [2.05, 4.69) is 10.6 Å². The predicted molar refractivity (Wildman–Crippen MR) is 59.8 cm³/mol. The molecule has 1 atom stereocenters. The summed E-state index contributed by atoms with van der Waals surface area (Å²) >= 11 is 0. The van der Waals surface area contributed by atoms with E-state index in [1.165, 1.54) is 12.8 Å². The van der Waals surface area contributed by atoms with E-state index >= 15 is 0 Å². The normalized spacial score (nSPS) is 18.4. The summed E-state index contributed by atoms with van der Waals surface area (Å²) in [7, 11) is 1.93. The molecule has 0 aromatic heterocycles. The van der Waals surface area contributed by atoms with E-state index in [4.69, 9.17) is 4.74 Å². The quantitative estimate of drug-likeness (QED) is 0.746. The maximum absolute atomic E-state index is 11.4. The van der Waals surface area contributed by atoms with Crippen LogP contribution in [-0.4, -0.2) is 31.3 Å². The standard InChI is InChI=1S/C11H22N2O2/c1-11(2,3)15-10(14)13-7-9(12-4)8-5-6-8/h8-9,12H,5-7H2,1-4H3,(H,13,14)/t9-/m1/s1. The SMILES string of the molecule is CN[C@H](CNC(=O)OC(C)(C)C)C1CC1. The van der Waals surface area contributed by atoms with Crippen LogP contribution < -0.4 is 10.6 Å². The van der Waals surface area contributed by atoms with Gasteiger partial charge in [-0.3, -0.25) is 0 Å². The van der Waals surface area contributed by atoms with Crippen molar-refractivity contribution < 1.29 is 9.53 Å². The van der Waals surface area contributed by atoms with Gasteiger partial charge in [-0.25, -0.2) is 4.79 Å². The fourth-order valence-corrected chi connectivity index (χ4v) is 1.51. The first-order valence-electron chi connectivity index (χ1n) is 5.56. The summed E-state index contributed by atoms with van der Waals surface area (Å²) in [5.74, 6) is 0.727. The third-order valence-corrected chi connectivity index (χ3v) is 2.43. The van der Waals surface area contributed by atoms with Gasteiger partial charge < -0.3 is 15.4 Å². The van der Waals surface area contributed by atoms with Crippen LogP contribution in [0.1, 0.15) is 33.6 Å². The number of likely N-dealkylation sites (N-methyl/N-ethyl adjacent to an activating group) is 1. The Balaban J connectivity index is 2.20. The van der Waals surface area contributed by atoms with Gasteiger partial charge in [-0.05, 0) is 46.6 Å². The van der Waals surface area contributed by atoms with Crippen molar-refractivity contribution in [2.75, 3.05) is 13.6 Å². The zero-order valence-electron chi connectivity index (χ0n) is 10.1. The summed E-state index contributed by atoms with van der Waals surface area (Å²) in [4.78, 5) is 11.4. The van der Waals surface area contributed by atoms with E-state index in [-0.39, 0.29) is 6.09 Å². The molecule has 0 spiro atoms. The molecule has 4 nitrogen and oxygen atoms in total. The first-order valence-corrected chi connectivity index (χ1v) is 5.56. The Labute approximate surface area is 91.8 Å². The van der Waals surface area contributed by atoms with Crippen LogP contribution in [0.4, 0.5) is 4.79 Å². The van der Waals surface area contributed by atoms with Gasteiger partial charge in [0.05, 0.1) is 0 Å². The summed E-state index contributed by atoms with van der Waals surface area (Å²) in [6.07, 6.45) is 2.20. The van der Waals surface area contributed by atoms with Crippen LogP contribution in [0.2, 0.25) is 0 Å². The van der Waals surface area contributed by atoms with Crippen LogP contribution in [0.15, 0.2) is 0 Å². The molecular formula is C11H22N2O2. The monoisotopic (exact) mass is 214 g/mol. The molecule has 0 radical (unpaired) electrons. The van der Waals surface area contributed by atoms with Crippen molar-refractivity contribution >= 4 is 6.09 Å². The van der Waals surface area contributed by atoms with E-state index in [1.54, 1.807) is 0 Å². The topological polar surface area (TPSA) is 50.4 Å². The van der Waals surface area contributed by atoms with Crippen LogP contribution in [-0.2, 0) is 4.74 Å². The number of rotatable bonds is 4. The fourth-order valence-electron chi connectivity index (χ4n) is 1.51. The number of hydrogen-bond donors (Lipinski definition) is 2. The number of carbonyl (C=O) groups excluding carboxylic acids is 1. The molecule has 0 saturated heterocycles. The number of amides is 1. The largest absolute Gasteiger partial charge is 0.444 e. The molecule has 0 aromatic carbocycles. The van der Waals surface area contributed by atoms with Crippen molar-refractivity contribution in [3.63, 3.8) is 0 Å². The van der Waals surface area contributed by atoms with Crippen molar-refractivity contribution in [1.29, 1.82) is 0 Å². The predicted octanol–water partition coefficient (Wildman–Crippen LogP) is 1.51. The molecule has 1 saturated carbocycles. The molecule has 0 bridgehead atoms. The van der Waals surface area contributed by atoms with Crippen molar-refractivity contribution in [3.05, 3.63) is 0 Å². The maximum Gasteiger partial charge on any atom is 0.407 e. The van der Waals surface area contributed by atoms with Gasteiger partial charge >= 0.3 is 6.09 Å². The van der Waals surface area contributed by atoms with E-state index in [0.29, 0.717) is 12.6 Å². The van der Waals surface area contributed by atoms with Crippen LogP contribution in [0.5, 0.6) is 0 Å². The Morgan fingerprint density at radius 1 is 1.47 bits per heavy atom. The van der Waals surface area contributed by atoms with Crippen molar-refractivity contribution in [3.8, 4) is 0 Å². The maximum atomic E-state index is 11.4. The van der Waals surface area contributed by atoms with Gasteiger partial charge in [-0.2, -0.15) is 0 Å². The van der Waals surface area contributed by atoms with Crippen LogP contribution in [0, 0.1) is 5.92 Å². The Hall–Kier alpha value is -0.770. The van der Waals surface area contributed by atoms with Gasteiger partial charge in [-0.1, -0.05) is 0 Å². The second-order valence-electron chi connectivity index (χ2n) is 5.12. The summed E-state index contributed by atoms with van der Waals surface area (Å²) in [6.45, 7) is 6.24. The van der Waals surface area contributed by atoms with Crippen LogP contribution in [0.25, 0.3) is 0 Å².